The van der Waals surface area contributed by atoms with E-state index in [1.165, 1.54) is 0 Å². The maximum Gasteiger partial charge on any atom is 0.277 e. The molecule has 0 unspecified atom stereocenters. The van der Waals surface area contributed by atoms with Crippen LogP contribution >= 0.6 is 31.9 Å². The highest BCUT2D eigenvalue weighted by Crippen LogP contribution is 2.22. The molecule has 142 valence electrons. The molecule has 0 aliphatic rings. The van der Waals surface area contributed by atoms with Crippen LogP contribution in [-0.4, -0.2) is 24.1 Å². The van der Waals surface area contributed by atoms with E-state index in [4.69, 9.17) is 4.74 Å². The number of rotatable bonds is 7. The number of hydrogen-bond donors (Lipinski definition) is 2. The van der Waals surface area contributed by atoms with Gasteiger partial charge in [-0.05, 0) is 65.7 Å². The zero-order chi connectivity index (χ0) is 19.8. The van der Waals surface area contributed by atoms with Crippen molar-refractivity contribution in [2.75, 3.05) is 11.9 Å². The van der Waals surface area contributed by atoms with Gasteiger partial charge in [0.25, 0.3) is 5.91 Å². The summed E-state index contributed by atoms with van der Waals surface area (Å²) >= 11 is 6.77. The summed E-state index contributed by atoms with van der Waals surface area (Å²) in [4.78, 5) is 23.9. The van der Waals surface area contributed by atoms with Crippen LogP contribution in [0, 0.1) is 6.92 Å². The summed E-state index contributed by atoms with van der Waals surface area (Å²) in [5.41, 5.74) is 4.55. The van der Waals surface area contributed by atoms with Gasteiger partial charge in [0.05, 0.1) is 12.1 Å². The van der Waals surface area contributed by atoms with Crippen molar-refractivity contribution in [1.29, 1.82) is 0 Å². The molecule has 2 N–H and O–H groups in total. The molecule has 0 aliphatic heterocycles. The highest BCUT2D eigenvalue weighted by Gasteiger charge is 2.08. The smallest absolute Gasteiger partial charge is 0.277 e. The van der Waals surface area contributed by atoms with Gasteiger partial charge < -0.3 is 10.1 Å². The molecule has 0 radical (unpaired) electrons. The number of carbonyl (C=O) groups is 2. The molecule has 2 rings (SSSR count). The van der Waals surface area contributed by atoms with Crippen molar-refractivity contribution in [3.8, 4) is 5.75 Å². The second-order valence-corrected chi connectivity index (χ2v) is 7.50. The van der Waals surface area contributed by atoms with Crippen molar-refractivity contribution in [2.45, 2.75) is 20.3 Å². The molecule has 6 nitrogen and oxygen atoms in total. The molecule has 0 atom stereocenters. The number of para-hydroxylation sites is 1. The zero-order valence-corrected chi connectivity index (χ0v) is 18.1. The van der Waals surface area contributed by atoms with Crippen LogP contribution in [0.15, 0.2) is 56.5 Å². The number of anilines is 1. The van der Waals surface area contributed by atoms with Crippen LogP contribution < -0.4 is 15.5 Å². The largest absolute Gasteiger partial charge is 0.484 e. The van der Waals surface area contributed by atoms with E-state index in [2.05, 4.69) is 47.7 Å². The van der Waals surface area contributed by atoms with Gasteiger partial charge in [-0.3, -0.25) is 9.59 Å². The number of benzene rings is 2. The monoisotopic (exact) mass is 495 g/mol. The first-order chi connectivity index (χ1) is 12.8. The van der Waals surface area contributed by atoms with Gasteiger partial charge in [-0.15, -0.1) is 0 Å². The van der Waals surface area contributed by atoms with Gasteiger partial charge in [0, 0.05) is 14.7 Å². The van der Waals surface area contributed by atoms with Crippen LogP contribution in [0.4, 0.5) is 5.69 Å². The SMILES string of the molecule is C/C(CC(=O)Nc1ccccc1Br)=N\NC(=O)COc1ccc(Br)c(C)c1. The first kappa shape index (κ1) is 21.1. The lowest BCUT2D eigenvalue weighted by Crippen LogP contribution is -2.26. The van der Waals surface area contributed by atoms with Gasteiger partial charge in [0.1, 0.15) is 5.75 Å². The van der Waals surface area contributed by atoms with E-state index in [1.54, 1.807) is 19.1 Å². The Labute approximate surface area is 174 Å². The van der Waals surface area contributed by atoms with Crippen molar-refractivity contribution in [3.05, 3.63) is 57.0 Å². The van der Waals surface area contributed by atoms with Crippen molar-refractivity contribution in [1.82, 2.24) is 5.43 Å². The molecule has 0 heterocycles. The third kappa shape index (κ3) is 7.15. The van der Waals surface area contributed by atoms with E-state index in [-0.39, 0.29) is 18.9 Å². The summed E-state index contributed by atoms with van der Waals surface area (Å²) in [7, 11) is 0. The molecule has 0 bridgehead atoms. The molecule has 8 heteroatoms. The highest BCUT2D eigenvalue weighted by molar-refractivity contribution is 9.10. The van der Waals surface area contributed by atoms with Gasteiger partial charge >= 0.3 is 0 Å². The molecule has 0 aliphatic carbocycles. The molecule has 2 aromatic carbocycles. The molecule has 0 spiro atoms. The minimum Gasteiger partial charge on any atom is -0.484 e. The maximum absolute atomic E-state index is 12.0. The molecular weight excluding hydrogens is 478 g/mol. The fourth-order valence-electron chi connectivity index (χ4n) is 2.07. The summed E-state index contributed by atoms with van der Waals surface area (Å²) < 4.78 is 7.19. The van der Waals surface area contributed by atoms with Gasteiger partial charge in [-0.1, -0.05) is 28.1 Å². The van der Waals surface area contributed by atoms with Crippen molar-refractivity contribution in [2.24, 2.45) is 5.10 Å². The fourth-order valence-corrected chi connectivity index (χ4v) is 2.71. The Balaban J connectivity index is 1.78. The number of amides is 2. The van der Waals surface area contributed by atoms with Gasteiger partial charge in [-0.25, -0.2) is 5.43 Å². The van der Waals surface area contributed by atoms with Crippen LogP contribution in [0.5, 0.6) is 5.75 Å². The van der Waals surface area contributed by atoms with E-state index in [0.717, 1.165) is 14.5 Å². The minimum absolute atomic E-state index is 0.0639. The highest BCUT2D eigenvalue weighted by atomic mass is 79.9. The van der Waals surface area contributed by atoms with E-state index in [1.807, 2.05) is 37.3 Å². The lowest BCUT2D eigenvalue weighted by molar-refractivity contribution is -0.123. The van der Waals surface area contributed by atoms with Gasteiger partial charge in [-0.2, -0.15) is 5.10 Å². The van der Waals surface area contributed by atoms with E-state index < -0.39 is 5.91 Å². The minimum atomic E-state index is -0.402. The number of nitrogens with zero attached hydrogens (tertiary/aromatic N) is 1. The predicted octanol–water partition coefficient (Wildman–Crippen LogP) is 4.42. The number of hydrazone groups is 1. The van der Waals surface area contributed by atoms with Crippen molar-refractivity contribution >= 4 is 55.1 Å². The third-order valence-electron chi connectivity index (χ3n) is 3.44. The topological polar surface area (TPSA) is 79.8 Å². The second-order valence-electron chi connectivity index (χ2n) is 5.79. The summed E-state index contributed by atoms with van der Waals surface area (Å²) in [5, 5.41) is 6.71. The molecule has 2 amide bonds. The lowest BCUT2D eigenvalue weighted by Gasteiger charge is -2.08. The van der Waals surface area contributed by atoms with Crippen molar-refractivity contribution in [3.63, 3.8) is 0 Å². The van der Waals surface area contributed by atoms with Crippen molar-refractivity contribution < 1.29 is 14.3 Å². The van der Waals surface area contributed by atoms with Crippen LogP contribution in [-0.2, 0) is 9.59 Å². The maximum atomic E-state index is 12.0. The molecule has 0 saturated carbocycles. The van der Waals surface area contributed by atoms with Crippen LogP contribution in [0.2, 0.25) is 0 Å². The average molecular weight is 497 g/mol. The standard InChI is InChI=1S/C19H19Br2N3O3/c1-12-9-14(7-8-15(12)20)27-11-19(26)24-23-13(2)10-18(25)22-17-6-4-3-5-16(17)21/h3-9H,10-11H2,1-2H3,(H,22,25)(H,24,26)/b23-13+. The molecule has 0 saturated heterocycles. The third-order valence-corrected chi connectivity index (χ3v) is 5.02. The molecular formula is C19H19Br2N3O3. The second kappa shape index (κ2) is 10.2. The number of halogens is 2. The van der Waals surface area contributed by atoms with Crippen LogP contribution in [0.25, 0.3) is 0 Å². The summed E-state index contributed by atoms with van der Waals surface area (Å²) in [6.45, 7) is 3.43. The molecule has 0 aromatic heterocycles. The number of ether oxygens (including phenoxy) is 1. The number of nitrogens with one attached hydrogen (secondary N) is 2. The number of hydrogen-bond acceptors (Lipinski definition) is 4. The lowest BCUT2D eigenvalue weighted by atomic mass is 10.2. The van der Waals surface area contributed by atoms with E-state index >= 15 is 0 Å². The van der Waals surface area contributed by atoms with Crippen LogP contribution in [0.1, 0.15) is 18.9 Å². The fraction of sp³-hybridized carbons (Fsp3) is 0.211. The average Bonchev–Trinajstić information content (AvgIpc) is 2.63. The first-order valence-corrected chi connectivity index (χ1v) is 9.69. The zero-order valence-electron chi connectivity index (χ0n) is 14.9. The Morgan fingerprint density at radius 3 is 2.52 bits per heavy atom. The van der Waals surface area contributed by atoms with Gasteiger partial charge in [0.2, 0.25) is 5.91 Å². The molecule has 27 heavy (non-hydrogen) atoms. The number of aryl methyl sites for hydroxylation is 1. The summed E-state index contributed by atoms with van der Waals surface area (Å²) in [5.74, 6) is -0.0283. The first-order valence-electron chi connectivity index (χ1n) is 8.10. The van der Waals surface area contributed by atoms with Gasteiger partial charge in [0.15, 0.2) is 6.61 Å². The predicted molar refractivity (Wildman–Crippen MR) is 113 cm³/mol. The Kier molecular flexibility index (Phi) is 7.99. The summed E-state index contributed by atoms with van der Waals surface area (Å²) in [6.07, 6.45) is 0.0639. The van der Waals surface area contributed by atoms with E-state index in [9.17, 15) is 9.59 Å². The summed E-state index contributed by atoms with van der Waals surface area (Å²) in [6, 6.07) is 12.8. The quantitative estimate of drug-likeness (QED) is 0.439. The Morgan fingerprint density at radius 2 is 1.81 bits per heavy atom. The normalized spacial score (nSPS) is 11.0. The van der Waals surface area contributed by atoms with Crippen LogP contribution in [0.3, 0.4) is 0 Å². The van der Waals surface area contributed by atoms with E-state index in [0.29, 0.717) is 17.1 Å². The Bertz CT molecular complexity index is 869. The molecule has 0 fully saturated rings. The molecule has 2 aromatic rings. The number of carbonyl (C=O) groups excluding carboxylic acids is 2. The Morgan fingerprint density at radius 1 is 1.07 bits per heavy atom. The Hall–Kier alpha value is -2.19.